The summed E-state index contributed by atoms with van der Waals surface area (Å²) >= 11 is 0. The van der Waals surface area contributed by atoms with Crippen LogP contribution in [0.1, 0.15) is 122 Å². The molecule has 2 nitrogen and oxygen atoms in total. The predicted molar refractivity (Wildman–Crippen MR) is 120 cm³/mol. The largest absolute Gasteiger partial charge is 0.453 e. The van der Waals surface area contributed by atoms with Gasteiger partial charge in [-0.3, -0.25) is 4.79 Å². The highest BCUT2D eigenvalue weighted by Crippen LogP contribution is 2.14. The average molecular weight is 388 g/mol. The summed E-state index contributed by atoms with van der Waals surface area (Å²) in [6.07, 6.45) is 22.1. The molecule has 1 rings (SSSR count). The van der Waals surface area contributed by atoms with E-state index in [4.69, 9.17) is 4.74 Å². The second kappa shape index (κ2) is 19.0. The summed E-state index contributed by atoms with van der Waals surface area (Å²) in [6, 6.07) is 9.70. The Hall–Kier alpha value is -1.31. The molecule has 1 aromatic carbocycles. The second-order valence-electron chi connectivity index (χ2n) is 8.07. The van der Waals surface area contributed by atoms with Crippen molar-refractivity contribution >= 4 is 5.97 Å². The lowest BCUT2D eigenvalue weighted by molar-refractivity contribution is -0.139. The first-order valence-corrected chi connectivity index (χ1v) is 11.9. The fraction of sp³-hybridized carbons (Fsp3) is 0.692. The minimum atomic E-state index is -0.116. The zero-order valence-corrected chi connectivity index (χ0v) is 18.3. The van der Waals surface area contributed by atoms with Crippen LogP contribution in [-0.2, 0) is 9.53 Å². The van der Waals surface area contributed by atoms with Gasteiger partial charge in [0.05, 0.1) is 0 Å². The van der Waals surface area contributed by atoms with Crippen LogP contribution in [0.15, 0.2) is 30.3 Å². The third-order valence-corrected chi connectivity index (χ3v) is 5.36. The van der Waals surface area contributed by atoms with Crippen LogP contribution in [0.3, 0.4) is 0 Å². The fourth-order valence-corrected chi connectivity index (χ4v) is 3.54. The van der Waals surface area contributed by atoms with Gasteiger partial charge in [0, 0.05) is 6.42 Å². The number of esters is 1. The van der Waals surface area contributed by atoms with Gasteiger partial charge < -0.3 is 4.74 Å². The maximum Gasteiger partial charge on any atom is 0.306 e. The van der Waals surface area contributed by atoms with Crippen LogP contribution in [-0.4, -0.2) is 5.97 Å². The number of benzene rings is 1. The van der Waals surface area contributed by atoms with Crippen LogP contribution in [0.5, 0.6) is 0 Å². The Morgan fingerprint density at radius 1 is 0.679 bits per heavy atom. The summed E-state index contributed by atoms with van der Waals surface area (Å²) in [4.78, 5) is 11.7. The van der Waals surface area contributed by atoms with Crippen molar-refractivity contribution in [1.29, 1.82) is 0 Å². The standard InChI is InChI=1S/C26H43O2/c1-2-3-4-5-6-7-8-9-10-11-12-13-14-15-16-20-23-26(27)28-24-25-21-18-17-19-22-25/h17-19,21-22,24H,2-16,20,23H2,1H3. The van der Waals surface area contributed by atoms with E-state index in [9.17, 15) is 4.79 Å². The van der Waals surface area contributed by atoms with E-state index in [1.165, 1.54) is 89.9 Å². The van der Waals surface area contributed by atoms with Gasteiger partial charge in [-0.25, -0.2) is 0 Å². The Balaban J connectivity index is 1.75. The molecule has 0 aliphatic rings. The molecule has 0 atom stereocenters. The van der Waals surface area contributed by atoms with Gasteiger partial charge in [-0.2, -0.15) is 0 Å². The number of ether oxygens (including phenoxy) is 1. The molecule has 28 heavy (non-hydrogen) atoms. The topological polar surface area (TPSA) is 26.3 Å². The first-order valence-electron chi connectivity index (χ1n) is 11.9. The predicted octanol–water partition coefficient (Wildman–Crippen LogP) is 8.39. The molecule has 0 unspecified atom stereocenters. The van der Waals surface area contributed by atoms with Crippen molar-refractivity contribution in [2.75, 3.05) is 0 Å². The van der Waals surface area contributed by atoms with E-state index < -0.39 is 0 Å². The molecule has 1 aromatic rings. The van der Waals surface area contributed by atoms with Crippen molar-refractivity contribution in [3.8, 4) is 0 Å². The van der Waals surface area contributed by atoms with Gasteiger partial charge in [0.1, 0.15) is 0 Å². The molecule has 159 valence electrons. The molecule has 0 spiro atoms. The summed E-state index contributed by atoms with van der Waals surface area (Å²) in [6.45, 7) is 3.83. The van der Waals surface area contributed by atoms with Crippen LogP contribution in [0.25, 0.3) is 0 Å². The zero-order chi connectivity index (χ0) is 20.1. The van der Waals surface area contributed by atoms with Crippen LogP contribution in [0.2, 0.25) is 0 Å². The molecule has 0 aliphatic heterocycles. The van der Waals surface area contributed by atoms with Crippen molar-refractivity contribution < 1.29 is 9.53 Å². The Kier molecular flexibility index (Phi) is 16.8. The van der Waals surface area contributed by atoms with Crippen LogP contribution < -0.4 is 0 Å². The summed E-state index contributed by atoms with van der Waals surface area (Å²) in [5, 5.41) is 0. The number of carbonyl (C=O) groups is 1. The lowest BCUT2D eigenvalue weighted by atomic mass is 10.0. The van der Waals surface area contributed by atoms with Crippen molar-refractivity contribution in [3.63, 3.8) is 0 Å². The Bertz CT molecular complexity index is 455. The maximum atomic E-state index is 11.7. The summed E-state index contributed by atoms with van der Waals surface area (Å²) in [5.74, 6) is -0.116. The van der Waals surface area contributed by atoms with E-state index in [0.717, 1.165) is 18.4 Å². The van der Waals surface area contributed by atoms with Crippen LogP contribution in [0, 0.1) is 6.61 Å². The van der Waals surface area contributed by atoms with E-state index in [-0.39, 0.29) is 5.97 Å². The van der Waals surface area contributed by atoms with Gasteiger partial charge in [-0.05, 0) is 12.0 Å². The first kappa shape index (κ1) is 24.7. The van der Waals surface area contributed by atoms with E-state index in [1.54, 1.807) is 6.61 Å². The molecule has 0 aromatic heterocycles. The monoisotopic (exact) mass is 387 g/mol. The Morgan fingerprint density at radius 2 is 1.11 bits per heavy atom. The molecule has 0 saturated carbocycles. The minimum absolute atomic E-state index is 0.116. The van der Waals surface area contributed by atoms with E-state index >= 15 is 0 Å². The zero-order valence-electron chi connectivity index (χ0n) is 18.3. The molecular weight excluding hydrogens is 344 g/mol. The normalized spacial score (nSPS) is 10.9. The van der Waals surface area contributed by atoms with Gasteiger partial charge >= 0.3 is 5.97 Å². The third kappa shape index (κ3) is 15.7. The van der Waals surface area contributed by atoms with Gasteiger partial charge in [0.25, 0.3) is 0 Å². The van der Waals surface area contributed by atoms with Crippen molar-refractivity contribution in [3.05, 3.63) is 42.5 Å². The second-order valence-corrected chi connectivity index (χ2v) is 8.07. The first-order chi connectivity index (χ1) is 13.8. The van der Waals surface area contributed by atoms with Crippen molar-refractivity contribution in [2.24, 2.45) is 0 Å². The highest BCUT2D eigenvalue weighted by molar-refractivity contribution is 5.70. The highest BCUT2D eigenvalue weighted by atomic mass is 16.5. The molecule has 2 heteroatoms. The lowest BCUT2D eigenvalue weighted by Gasteiger charge is -2.05. The van der Waals surface area contributed by atoms with E-state index in [1.807, 2.05) is 30.3 Å². The molecule has 0 heterocycles. The fourth-order valence-electron chi connectivity index (χ4n) is 3.54. The summed E-state index contributed by atoms with van der Waals surface area (Å²) in [7, 11) is 0. The van der Waals surface area contributed by atoms with Crippen LogP contribution in [0.4, 0.5) is 0 Å². The summed E-state index contributed by atoms with van der Waals surface area (Å²) < 4.78 is 5.19. The van der Waals surface area contributed by atoms with Gasteiger partial charge in [-0.15, -0.1) is 0 Å². The van der Waals surface area contributed by atoms with Gasteiger partial charge in [0.15, 0.2) is 6.61 Å². The van der Waals surface area contributed by atoms with Crippen molar-refractivity contribution in [2.45, 2.75) is 116 Å². The molecule has 0 fully saturated rings. The third-order valence-electron chi connectivity index (χ3n) is 5.36. The highest BCUT2D eigenvalue weighted by Gasteiger charge is 2.03. The number of carbonyl (C=O) groups excluding carboxylic acids is 1. The van der Waals surface area contributed by atoms with E-state index in [2.05, 4.69) is 6.92 Å². The molecule has 0 aliphatic carbocycles. The number of hydrogen-bond donors (Lipinski definition) is 0. The smallest absolute Gasteiger partial charge is 0.306 e. The molecule has 0 N–H and O–H groups in total. The molecule has 0 bridgehead atoms. The minimum Gasteiger partial charge on any atom is -0.453 e. The quantitative estimate of drug-likeness (QED) is 0.176. The van der Waals surface area contributed by atoms with Gasteiger partial charge in [-0.1, -0.05) is 134 Å². The van der Waals surface area contributed by atoms with E-state index in [0.29, 0.717) is 6.42 Å². The number of rotatable bonds is 19. The van der Waals surface area contributed by atoms with Crippen molar-refractivity contribution in [1.82, 2.24) is 0 Å². The molecule has 0 saturated heterocycles. The Labute approximate surface area is 174 Å². The Morgan fingerprint density at radius 3 is 1.57 bits per heavy atom. The number of hydrogen-bond acceptors (Lipinski definition) is 2. The van der Waals surface area contributed by atoms with Gasteiger partial charge in [0.2, 0.25) is 0 Å². The molecular formula is C26H43O2. The van der Waals surface area contributed by atoms with Crippen LogP contribution >= 0.6 is 0 Å². The molecule has 1 radical (unpaired) electrons. The lowest BCUT2D eigenvalue weighted by Crippen LogP contribution is -2.02. The molecule has 0 amide bonds. The SMILES string of the molecule is CCCCCCCCCCCCCCCCCCC(=O)O[CH]c1ccccc1. The average Bonchev–Trinajstić information content (AvgIpc) is 2.72. The summed E-state index contributed by atoms with van der Waals surface area (Å²) in [5.41, 5.74) is 0.933. The maximum absolute atomic E-state index is 11.7. The number of unbranched alkanes of at least 4 members (excludes halogenated alkanes) is 15.